The van der Waals surface area contributed by atoms with Crippen LogP contribution in [-0.2, 0) is 20.7 Å². The van der Waals surface area contributed by atoms with E-state index in [1.165, 1.54) is 5.56 Å². The van der Waals surface area contributed by atoms with E-state index in [0.29, 0.717) is 19.4 Å². The molecule has 2 N–H and O–H groups in total. The second kappa shape index (κ2) is 6.42. The zero-order valence-electron chi connectivity index (χ0n) is 13.0. The number of H-pyrrole nitrogens is 1. The van der Waals surface area contributed by atoms with Crippen LogP contribution in [0, 0.1) is 6.92 Å². The molecule has 1 fully saturated rings. The molecule has 1 saturated heterocycles. The van der Waals surface area contributed by atoms with Crippen LogP contribution in [0.25, 0.3) is 10.9 Å². The van der Waals surface area contributed by atoms with Crippen LogP contribution < -0.4 is 0 Å². The molecule has 6 heteroatoms. The molecule has 0 aliphatic carbocycles. The molecular weight excluding hydrogens is 296 g/mol. The number of aromatic nitrogens is 1. The Morgan fingerprint density at radius 1 is 1.43 bits per heavy atom. The Labute approximate surface area is 134 Å². The van der Waals surface area contributed by atoms with E-state index in [2.05, 4.69) is 11.1 Å². The van der Waals surface area contributed by atoms with Crippen molar-refractivity contribution in [3.05, 3.63) is 35.5 Å². The van der Waals surface area contributed by atoms with Gasteiger partial charge >= 0.3 is 5.97 Å². The number of benzene rings is 1. The second-order valence-electron chi connectivity index (χ2n) is 5.90. The van der Waals surface area contributed by atoms with Crippen LogP contribution in [0.5, 0.6) is 0 Å². The van der Waals surface area contributed by atoms with Crippen LogP contribution in [0.4, 0.5) is 0 Å². The van der Waals surface area contributed by atoms with E-state index in [1.807, 2.05) is 25.3 Å². The number of aryl methyl sites for hydroxylation is 2. The van der Waals surface area contributed by atoms with Crippen molar-refractivity contribution in [3.8, 4) is 0 Å². The third-order valence-corrected chi connectivity index (χ3v) is 4.23. The predicted octanol–water partition coefficient (Wildman–Crippen LogP) is 1.72. The van der Waals surface area contributed by atoms with Crippen molar-refractivity contribution in [1.29, 1.82) is 0 Å². The van der Waals surface area contributed by atoms with E-state index in [4.69, 9.17) is 9.84 Å². The summed E-state index contributed by atoms with van der Waals surface area (Å²) in [7, 11) is 0. The van der Waals surface area contributed by atoms with Crippen molar-refractivity contribution in [3.63, 3.8) is 0 Å². The van der Waals surface area contributed by atoms with E-state index >= 15 is 0 Å². The fraction of sp³-hybridized carbons (Fsp3) is 0.412. The Morgan fingerprint density at radius 2 is 2.26 bits per heavy atom. The highest BCUT2D eigenvalue weighted by atomic mass is 16.5. The number of morpholine rings is 1. The van der Waals surface area contributed by atoms with Crippen molar-refractivity contribution in [2.75, 3.05) is 19.7 Å². The number of hydrogen-bond donors (Lipinski definition) is 2. The van der Waals surface area contributed by atoms with Crippen LogP contribution in [0.15, 0.2) is 24.4 Å². The molecule has 0 bridgehead atoms. The number of fused-ring (bicyclic) bond motifs is 1. The first-order valence-electron chi connectivity index (χ1n) is 7.73. The van der Waals surface area contributed by atoms with E-state index in [0.717, 1.165) is 16.5 Å². The van der Waals surface area contributed by atoms with E-state index in [9.17, 15) is 9.59 Å². The average molecular weight is 316 g/mol. The summed E-state index contributed by atoms with van der Waals surface area (Å²) in [6.07, 6.45) is 2.03. The number of ether oxygens (including phenoxy) is 1. The fourth-order valence-corrected chi connectivity index (χ4v) is 2.92. The van der Waals surface area contributed by atoms with Crippen LogP contribution in [-0.4, -0.2) is 52.7 Å². The number of aliphatic carboxylic acids is 1. The highest BCUT2D eigenvalue weighted by molar-refractivity contribution is 5.85. The normalized spacial score (nSPS) is 18.3. The largest absolute Gasteiger partial charge is 0.479 e. The first-order valence-corrected chi connectivity index (χ1v) is 7.73. The minimum atomic E-state index is -1.02. The maximum Gasteiger partial charge on any atom is 0.334 e. The van der Waals surface area contributed by atoms with Crippen LogP contribution in [0.1, 0.15) is 17.5 Å². The highest BCUT2D eigenvalue weighted by Gasteiger charge is 2.28. The molecular formula is C17H20N2O4. The van der Waals surface area contributed by atoms with Crippen LogP contribution in [0.2, 0.25) is 0 Å². The van der Waals surface area contributed by atoms with Crippen molar-refractivity contribution in [1.82, 2.24) is 9.88 Å². The molecule has 122 valence electrons. The maximum atomic E-state index is 12.3. The zero-order chi connectivity index (χ0) is 16.4. The van der Waals surface area contributed by atoms with Gasteiger partial charge in [-0.2, -0.15) is 0 Å². The maximum absolute atomic E-state index is 12.3. The Kier molecular flexibility index (Phi) is 4.34. The summed E-state index contributed by atoms with van der Waals surface area (Å²) in [5, 5.41) is 10.1. The summed E-state index contributed by atoms with van der Waals surface area (Å²) in [5.74, 6) is -1.05. The van der Waals surface area contributed by atoms with Crippen LogP contribution >= 0.6 is 0 Å². The van der Waals surface area contributed by atoms with Gasteiger partial charge in [0.05, 0.1) is 13.2 Å². The minimum Gasteiger partial charge on any atom is -0.479 e. The lowest BCUT2D eigenvalue weighted by molar-refractivity contribution is -0.159. The first kappa shape index (κ1) is 15.6. The van der Waals surface area contributed by atoms with Crippen molar-refractivity contribution in [2.45, 2.75) is 25.9 Å². The fourth-order valence-electron chi connectivity index (χ4n) is 2.92. The third kappa shape index (κ3) is 3.37. The molecule has 1 amide bonds. The van der Waals surface area contributed by atoms with E-state index < -0.39 is 12.1 Å². The minimum absolute atomic E-state index is 0.0263. The lowest BCUT2D eigenvalue weighted by Crippen LogP contribution is -2.48. The molecule has 0 spiro atoms. The third-order valence-electron chi connectivity index (χ3n) is 4.23. The van der Waals surface area contributed by atoms with Crippen molar-refractivity contribution in [2.24, 2.45) is 0 Å². The quantitative estimate of drug-likeness (QED) is 0.900. The summed E-state index contributed by atoms with van der Waals surface area (Å²) < 4.78 is 5.14. The topological polar surface area (TPSA) is 82.6 Å². The van der Waals surface area contributed by atoms with Gasteiger partial charge in [-0.25, -0.2) is 4.79 Å². The molecule has 0 radical (unpaired) electrons. The number of nitrogens with zero attached hydrogens (tertiary/aromatic N) is 1. The summed E-state index contributed by atoms with van der Waals surface area (Å²) in [5.41, 5.74) is 3.36. The zero-order valence-corrected chi connectivity index (χ0v) is 13.0. The van der Waals surface area contributed by atoms with Gasteiger partial charge in [-0.05, 0) is 31.0 Å². The Bertz CT molecular complexity index is 737. The predicted molar refractivity (Wildman–Crippen MR) is 85.3 cm³/mol. The van der Waals surface area contributed by atoms with Gasteiger partial charge in [0.1, 0.15) is 0 Å². The number of hydrogen-bond acceptors (Lipinski definition) is 3. The number of amides is 1. The SMILES string of the molecule is Cc1ccc2[nH]cc(CCC(=O)N3CCO[C@@H](C(=O)O)C3)c2c1. The number of nitrogens with one attached hydrogen (secondary N) is 1. The van der Waals surface area contributed by atoms with Crippen molar-refractivity contribution < 1.29 is 19.4 Å². The van der Waals surface area contributed by atoms with Crippen LogP contribution in [0.3, 0.4) is 0 Å². The Morgan fingerprint density at radius 3 is 3.04 bits per heavy atom. The molecule has 6 nitrogen and oxygen atoms in total. The molecule has 1 aromatic carbocycles. The first-order chi connectivity index (χ1) is 11.0. The van der Waals surface area contributed by atoms with Gasteiger partial charge in [0.2, 0.25) is 5.91 Å². The van der Waals surface area contributed by atoms with Gasteiger partial charge in [-0.15, -0.1) is 0 Å². The monoisotopic (exact) mass is 316 g/mol. The average Bonchev–Trinajstić information content (AvgIpc) is 2.95. The standard InChI is InChI=1S/C17H20N2O4/c1-11-2-4-14-13(8-11)12(9-18-14)3-5-16(20)19-6-7-23-15(10-19)17(21)22/h2,4,8-9,15,18H,3,5-7,10H2,1H3,(H,21,22)/t15-/m1/s1. The molecule has 3 rings (SSSR count). The van der Waals surface area contributed by atoms with Crippen molar-refractivity contribution >= 4 is 22.8 Å². The number of carboxylic acid groups (broad SMARTS) is 1. The van der Waals surface area contributed by atoms with Gasteiger partial charge in [-0.1, -0.05) is 11.6 Å². The summed E-state index contributed by atoms with van der Waals surface area (Å²) >= 11 is 0. The number of aromatic amines is 1. The number of carbonyl (C=O) groups is 2. The smallest absolute Gasteiger partial charge is 0.334 e. The molecule has 1 aromatic heterocycles. The van der Waals surface area contributed by atoms with Gasteiger partial charge in [-0.3, -0.25) is 4.79 Å². The molecule has 2 aromatic rings. The molecule has 0 saturated carbocycles. The van der Waals surface area contributed by atoms with Gasteiger partial charge in [0.25, 0.3) is 0 Å². The number of carboxylic acids is 1. The second-order valence-corrected chi connectivity index (χ2v) is 5.90. The van der Waals surface area contributed by atoms with E-state index in [-0.39, 0.29) is 19.1 Å². The Hall–Kier alpha value is -2.34. The lowest BCUT2D eigenvalue weighted by Gasteiger charge is -2.30. The van der Waals surface area contributed by atoms with Gasteiger partial charge in [0, 0.05) is 30.1 Å². The molecule has 1 aliphatic rings. The molecule has 1 atom stereocenters. The number of rotatable bonds is 4. The van der Waals surface area contributed by atoms with Gasteiger partial charge in [0.15, 0.2) is 6.10 Å². The number of carbonyl (C=O) groups excluding carboxylic acids is 1. The lowest BCUT2D eigenvalue weighted by atomic mass is 10.1. The molecule has 0 unspecified atom stereocenters. The summed E-state index contributed by atoms with van der Waals surface area (Å²) in [4.78, 5) is 28.1. The summed E-state index contributed by atoms with van der Waals surface area (Å²) in [6, 6.07) is 6.20. The Balaban J connectivity index is 1.64. The molecule has 2 heterocycles. The highest BCUT2D eigenvalue weighted by Crippen LogP contribution is 2.21. The van der Waals surface area contributed by atoms with E-state index in [1.54, 1.807) is 4.90 Å². The molecule has 1 aliphatic heterocycles. The molecule has 23 heavy (non-hydrogen) atoms. The van der Waals surface area contributed by atoms with Gasteiger partial charge < -0.3 is 19.7 Å². The summed E-state index contributed by atoms with van der Waals surface area (Å²) in [6.45, 7) is 2.90.